The van der Waals surface area contributed by atoms with Crippen LogP contribution in [-0.4, -0.2) is 19.2 Å². The first-order chi connectivity index (χ1) is 5.34. The van der Waals surface area contributed by atoms with Gasteiger partial charge in [-0.2, -0.15) is 0 Å². The van der Waals surface area contributed by atoms with Gasteiger partial charge in [0.1, 0.15) is 5.76 Å². The highest BCUT2D eigenvalue weighted by Crippen LogP contribution is 2.13. The highest BCUT2D eigenvalue weighted by Gasteiger charge is 2.15. The standard InChI is InChI=1S/C9H17NO/c1-3-11-8(2)9-6-4-5-7-10-9/h9-10H,2-7H2,1H3. The van der Waals surface area contributed by atoms with Crippen molar-refractivity contribution >= 4 is 0 Å². The van der Waals surface area contributed by atoms with Gasteiger partial charge in [0.15, 0.2) is 0 Å². The molecule has 0 aliphatic carbocycles. The summed E-state index contributed by atoms with van der Waals surface area (Å²) in [6, 6.07) is 0.406. The lowest BCUT2D eigenvalue weighted by Crippen LogP contribution is -2.35. The molecule has 0 aromatic carbocycles. The number of piperidine rings is 1. The Balaban J connectivity index is 2.27. The minimum Gasteiger partial charge on any atom is -0.497 e. The average molecular weight is 155 g/mol. The van der Waals surface area contributed by atoms with Gasteiger partial charge < -0.3 is 10.1 Å². The summed E-state index contributed by atoms with van der Waals surface area (Å²) in [6.45, 7) is 7.72. The molecule has 11 heavy (non-hydrogen) atoms. The smallest absolute Gasteiger partial charge is 0.106 e. The maximum absolute atomic E-state index is 5.32. The highest BCUT2D eigenvalue weighted by molar-refractivity contribution is 4.98. The van der Waals surface area contributed by atoms with Gasteiger partial charge in [0, 0.05) is 0 Å². The molecule has 1 fully saturated rings. The summed E-state index contributed by atoms with van der Waals surface area (Å²) in [7, 11) is 0. The molecule has 2 nitrogen and oxygen atoms in total. The van der Waals surface area contributed by atoms with Crippen LogP contribution in [0.15, 0.2) is 12.3 Å². The van der Waals surface area contributed by atoms with Crippen molar-refractivity contribution in [1.29, 1.82) is 0 Å². The Hall–Kier alpha value is -0.500. The molecule has 0 aromatic rings. The molecular formula is C9H17NO. The number of nitrogens with one attached hydrogen (secondary N) is 1. The van der Waals surface area contributed by atoms with Crippen molar-refractivity contribution in [3.63, 3.8) is 0 Å². The van der Waals surface area contributed by atoms with Crippen molar-refractivity contribution in [2.24, 2.45) is 0 Å². The molecular weight excluding hydrogens is 138 g/mol. The van der Waals surface area contributed by atoms with Crippen LogP contribution >= 0.6 is 0 Å². The van der Waals surface area contributed by atoms with Gasteiger partial charge in [-0.1, -0.05) is 13.0 Å². The summed E-state index contributed by atoms with van der Waals surface area (Å²) in [6.07, 6.45) is 3.76. The maximum Gasteiger partial charge on any atom is 0.106 e. The number of rotatable bonds is 3. The van der Waals surface area contributed by atoms with Gasteiger partial charge in [0.25, 0.3) is 0 Å². The summed E-state index contributed by atoms with van der Waals surface area (Å²) < 4.78 is 5.32. The lowest BCUT2D eigenvalue weighted by atomic mass is 10.0. The van der Waals surface area contributed by atoms with E-state index in [0.29, 0.717) is 6.04 Å². The second-order valence-corrected chi connectivity index (χ2v) is 2.90. The molecule has 1 aliphatic rings. The average Bonchev–Trinajstić information content (AvgIpc) is 2.07. The summed E-state index contributed by atoms with van der Waals surface area (Å²) >= 11 is 0. The van der Waals surface area contributed by atoms with Gasteiger partial charge in [-0.3, -0.25) is 0 Å². The molecule has 0 spiro atoms. The fourth-order valence-corrected chi connectivity index (χ4v) is 1.41. The van der Waals surface area contributed by atoms with E-state index in [9.17, 15) is 0 Å². The number of hydrogen-bond acceptors (Lipinski definition) is 2. The molecule has 1 saturated heterocycles. The Bertz CT molecular complexity index is 128. The Morgan fingerprint density at radius 2 is 2.45 bits per heavy atom. The normalized spacial score (nSPS) is 24.6. The third kappa shape index (κ3) is 2.54. The fraction of sp³-hybridized carbons (Fsp3) is 0.778. The van der Waals surface area contributed by atoms with Gasteiger partial charge in [0.05, 0.1) is 12.6 Å². The number of ether oxygens (including phenoxy) is 1. The maximum atomic E-state index is 5.32. The summed E-state index contributed by atoms with van der Waals surface area (Å²) in [4.78, 5) is 0. The molecule has 0 amide bonds. The SMILES string of the molecule is C=C(OCC)C1CCCCN1. The lowest BCUT2D eigenvalue weighted by molar-refractivity contribution is 0.190. The molecule has 0 bridgehead atoms. The van der Waals surface area contributed by atoms with Gasteiger partial charge in [0.2, 0.25) is 0 Å². The minimum atomic E-state index is 0.406. The highest BCUT2D eigenvalue weighted by atomic mass is 16.5. The van der Waals surface area contributed by atoms with E-state index in [4.69, 9.17) is 4.74 Å². The van der Waals surface area contributed by atoms with Crippen LogP contribution in [0.25, 0.3) is 0 Å². The van der Waals surface area contributed by atoms with Gasteiger partial charge in [-0.15, -0.1) is 0 Å². The van der Waals surface area contributed by atoms with Crippen LogP contribution in [0.4, 0.5) is 0 Å². The Morgan fingerprint density at radius 1 is 1.64 bits per heavy atom. The van der Waals surface area contributed by atoms with E-state index in [2.05, 4.69) is 11.9 Å². The topological polar surface area (TPSA) is 21.3 Å². The monoisotopic (exact) mass is 155 g/mol. The third-order valence-electron chi connectivity index (χ3n) is 2.03. The van der Waals surface area contributed by atoms with E-state index in [1.165, 1.54) is 19.3 Å². The van der Waals surface area contributed by atoms with Crippen LogP contribution in [0.3, 0.4) is 0 Å². The lowest BCUT2D eigenvalue weighted by Gasteiger charge is -2.24. The summed E-state index contributed by atoms with van der Waals surface area (Å²) in [5.41, 5.74) is 0. The molecule has 1 heterocycles. The largest absolute Gasteiger partial charge is 0.497 e. The van der Waals surface area contributed by atoms with Crippen LogP contribution in [0, 0.1) is 0 Å². The van der Waals surface area contributed by atoms with E-state index in [1.807, 2.05) is 6.92 Å². The number of hydrogen-bond donors (Lipinski definition) is 1. The molecule has 0 radical (unpaired) electrons. The van der Waals surface area contributed by atoms with Crippen molar-refractivity contribution in [1.82, 2.24) is 5.32 Å². The molecule has 1 unspecified atom stereocenters. The zero-order chi connectivity index (χ0) is 8.10. The van der Waals surface area contributed by atoms with Gasteiger partial charge in [-0.25, -0.2) is 0 Å². The van der Waals surface area contributed by atoms with Crippen molar-refractivity contribution in [2.75, 3.05) is 13.2 Å². The first kappa shape index (κ1) is 8.60. The molecule has 0 aromatic heterocycles. The van der Waals surface area contributed by atoms with E-state index < -0.39 is 0 Å². The second-order valence-electron chi connectivity index (χ2n) is 2.90. The van der Waals surface area contributed by atoms with Crippen LogP contribution in [0.2, 0.25) is 0 Å². The van der Waals surface area contributed by atoms with E-state index in [1.54, 1.807) is 0 Å². The zero-order valence-electron chi connectivity index (χ0n) is 7.23. The van der Waals surface area contributed by atoms with Crippen molar-refractivity contribution < 1.29 is 4.74 Å². The quantitative estimate of drug-likeness (QED) is 0.626. The first-order valence-corrected chi connectivity index (χ1v) is 4.39. The summed E-state index contributed by atoms with van der Waals surface area (Å²) in [5.74, 6) is 0.909. The van der Waals surface area contributed by atoms with Crippen molar-refractivity contribution in [3.8, 4) is 0 Å². The Kier molecular flexibility index (Phi) is 3.43. The van der Waals surface area contributed by atoms with Crippen LogP contribution in [-0.2, 0) is 4.74 Å². The van der Waals surface area contributed by atoms with Crippen LogP contribution in [0.5, 0.6) is 0 Å². The fourth-order valence-electron chi connectivity index (χ4n) is 1.41. The molecule has 1 atom stereocenters. The van der Waals surface area contributed by atoms with Gasteiger partial charge >= 0.3 is 0 Å². The molecule has 64 valence electrons. The second kappa shape index (κ2) is 4.39. The van der Waals surface area contributed by atoms with E-state index in [-0.39, 0.29) is 0 Å². The minimum absolute atomic E-state index is 0.406. The predicted molar refractivity (Wildman–Crippen MR) is 46.4 cm³/mol. The molecule has 2 heteroatoms. The zero-order valence-corrected chi connectivity index (χ0v) is 7.23. The van der Waals surface area contributed by atoms with Crippen LogP contribution in [0.1, 0.15) is 26.2 Å². The van der Waals surface area contributed by atoms with Crippen molar-refractivity contribution in [3.05, 3.63) is 12.3 Å². The molecule has 1 N–H and O–H groups in total. The van der Waals surface area contributed by atoms with Crippen LogP contribution < -0.4 is 5.32 Å². The first-order valence-electron chi connectivity index (χ1n) is 4.39. The Morgan fingerprint density at radius 3 is 3.00 bits per heavy atom. The van der Waals surface area contributed by atoms with E-state index >= 15 is 0 Å². The Labute approximate surface area is 68.6 Å². The molecule has 1 aliphatic heterocycles. The van der Waals surface area contributed by atoms with E-state index in [0.717, 1.165) is 18.9 Å². The molecule has 0 saturated carbocycles. The predicted octanol–water partition coefficient (Wildman–Crippen LogP) is 1.68. The van der Waals surface area contributed by atoms with Crippen molar-refractivity contribution in [2.45, 2.75) is 32.2 Å². The third-order valence-corrected chi connectivity index (χ3v) is 2.03. The molecule has 1 rings (SSSR count). The van der Waals surface area contributed by atoms with Gasteiger partial charge in [-0.05, 0) is 26.3 Å². The summed E-state index contributed by atoms with van der Waals surface area (Å²) in [5, 5.41) is 3.38.